The van der Waals surface area contributed by atoms with Gasteiger partial charge in [0.05, 0.1) is 6.21 Å². The topological polar surface area (TPSA) is 41.8 Å². The van der Waals surface area contributed by atoms with Crippen molar-refractivity contribution in [2.75, 3.05) is 7.11 Å². The second-order valence-corrected chi connectivity index (χ2v) is 2.48. The molecule has 0 spiro atoms. The summed E-state index contributed by atoms with van der Waals surface area (Å²) in [6.07, 6.45) is 1.47. The summed E-state index contributed by atoms with van der Waals surface area (Å²) in [4.78, 5) is 4.50. The van der Waals surface area contributed by atoms with Gasteiger partial charge in [0.2, 0.25) is 0 Å². The van der Waals surface area contributed by atoms with Crippen LogP contribution in [0.25, 0.3) is 0 Å². The van der Waals surface area contributed by atoms with Gasteiger partial charge in [-0.25, -0.2) is 0 Å². The maximum atomic E-state index is 9.31. The van der Waals surface area contributed by atoms with Gasteiger partial charge in [-0.1, -0.05) is 16.8 Å². The van der Waals surface area contributed by atoms with Gasteiger partial charge in [-0.2, -0.15) is 0 Å². The molecule has 3 heteroatoms. The highest BCUT2D eigenvalue weighted by Gasteiger charge is 1.96. The molecule has 0 aromatic heterocycles. The van der Waals surface area contributed by atoms with Crippen LogP contribution in [0, 0.1) is 6.92 Å². The van der Waals surface area contributed by atoms with E-state index < -0.39 is 0 Å². The molecule has 12 heavy (non-hydrogen) atoms. The number of hydrogen-bond donors (Lipinski definition) is 1. The smallest absolute Gasteiger partial charge is 0.124 e. The van der Waals surface area contributed by atoms with Crippen LogP contribution < -0.4 is 0 Å². The lowest BCUT2D eigenvalue weighted by Crippen LogP contribution is -1.84. The van der Waals surface area contributed by atoms with Crippen molar-refractivity contribution in [1.82, 2.24) is 0 Å². The average molecular weight is 165 g/mol. The number of hydrogen-bond acceptors (Lipinski definition) is 3. The number of phenols is 1. The van der Waals surface area contributed by atoms with Crippen molar-refractivity contribution >= 4 is 6.21 Å². The first-order chi connectivity index (χ1) is 5.74. The molecule has 0 aliphatic rings. The summed E-state index contributed by atoms with van der Waals surface area (Å²) in [5.74, 6) is 0.210. The molecule has 0 saturated heterocycles. The van der Waals surface area contributed by atoms with Gasteiger partial charge in [0.15, 0.2) is 0 Å². The van der Waals surface area contributed by atoms with Crippen molar-refractivity contribution in [1.29, 1.82) is 0 Å². The molecule has 1 aromatic rings. The van der Waals surface area contributed by atoms with E-state index in [1.807, 2.05) is 19.1 Å². The second-order valence-electron chi connectivity index (χ2n) is 2.48. The fourth-order valence-electron chi connectivity index (χ4n) is 0.887. The highest BCUT2D eigenvalue weighted by atomic mass is 16.6. The van der Waals surface area contributed by atoms with E-state index in [4.69, 9.17) is 0 Å². The number of aryl methyl sites for hydroxylation is 1. The van der Waals surface area contributed by atoms with Crippen molar-refractivity contribution in [3.63, 3.8) is 0 Å². The van der Waals surface area contributed by atoms with E-state index in [0.717, 1.165) is 5.56 Å². The van der Waals surface area contributed by atoms with Gasteiger partial charge >= 0.3 is 0 Å². The standard InChI is InChI=1S/C9H11NO2/c1-7-3-4-9(11)8(5-7)6-10-12-2/h3-6,11H,1-2H3/b10-6+. The van der Waals surface area contributed by atoms with Crippen LogP contribution in [-0.4, -0.2) is 18.4 Å². The largest absolute Gasteiger partial charge is 0.507 e. The Bertz CT molecular complexity index is 295. The number of aromatic hydroxyl groups is 1. The highest BCUT2D eigenvalue weighted by Crippen LogP contribution is 2.15. The molecule has 0 saturated carbocycles. The van der Waals surface area contributed by atoms with Crippen molar-refractivity contribution in [2.24, 2.45) is 5.16 Å². The number of phenolic OH excluding ortho intramolecular Hbond substituents is 1. The van der Waals surface area contributed by atoms with Gasteiger partial charge in [-0.15, -0.1) is 0 Å². The molecule has 1 aromatic carbocycles. The molecule has 1 N–H and O–H groups in total. The quantitative estimate of drug-likeness (QED) is 0.535. The maximum absolute atomic E-state index is 9.31. The van der Waals surface area contributed by atoms with Crippen LogP contribution in [0.4, 0.5) is 0 Å². The van der Waals surface area contributed by atoms with Crippen LogP contribution >= 0.6 is 0 Å². The zero-order valence-corrected chi connectivity index (χ0v) is 7.11. The summed E-state index contributed by atoms with van der Waals surface area (Å²) in [5, 5.41) is 12.9. The molecule has 0 aliphatic carbocycles. The molecule has 0 unspecified atom stereocenters. The summed E-state index contributed by atoms with van der Waals surface area (Å²) in [5.41, 5.74) is 1.74. The normalized spacial score (nSPS) is 10.5. The van der Waals surface area contributed by atoms with E-state index in [9.17, 15) is 5.11 Å². The van der Waals surface area contributed by atoms with E-state index in [0.29, 0.717) is 5.56 Å². The van der Waals surface area contributed by atoms with E-state index in [1.54, 1.807) is 6.07 Å². The minimum Gasteiger partial charge on any atom is -0.507 e. The molecule has 1 rings (SSSR count). The number of rotatable bonds is 2. The van der Waals surface area contributed by atoms with Gasteiger partial charge < -0.3 is 9.94 Å². The Morgan fingerprint density at radius 3 is 2.92 bits per heavy atom. The van der Waals surface area contributed by atoms with Gasteiger partial charge in [-0.05, 0) is 19.1 Å². The zero-order chi connectivity index (χ0) is 8.97. The van der Waals surface area contributed by atoms with Crippen LogP contribution in [0.15, 0.2) is 23.4 Å². The van der Waals surface area contributed by atoms with Crippen molar-refractivity contribution in [2.45, 2.75) is 6.92 Å². The third-order valence-electron chi connectivity index (χ3n) is 1.48. The summed E-state index contributed by atoms with van der Waals surface area (Å²) in [7, 11) is 1.46. The van der Waals surface area contributed by atoms with Crippen molar-refractivity contribution < 1.29 is 9.94 Å². The monoisotopic (exact) mass is 165 g/mol. The Morgan fingerprint density at radius 2 is 2.25 bits per heavy atom. The molecular weight excluding hydrogens is 154 g/mol. The van der Waals surface area contributed by atoms with E-state index in [2.05, 4.69) is 9.99 Å². The van der Waals surface area contributed by atoms with Crippen molar-refractivity contribution in [3.05, 3.63) is 29.3 Å². The first-order valence-electron chi connectivity index (χ1n) is 3.60. The maximum Gasteiger partial charge on any atom is 0.124 e. The number of benzene rings is 1. The van der Waals surface area contributed by atoms with Crippen LogP contribution in [0.2, 0.25) is 0 Å². The molecule has 0 atom stereocenters. The highest BCUT2D eigenvalue weighted by molar-refractivity contribution is 5.83. The number of nitrogens with zero attached hydrogens (tertiary/aromatic N) is 1. The first kappa shape index (κ1) is 8.59. The first-order valence-corrected chi connectivity index (χ1v) is 3.60. The molecular formula is C9H11NO2. The predicted octanol–water partition coefficient (Wildman–Crippen LogP) is 1.68. The minimum atomic E-state index is 0.210. The molecule has 3 nitrogen and oxygen atoms in total. The Balaban J connectivity index is 2.97. The molecule has 64 valence electrons. The zero-order valence-electron chi connectivity index (χ0n) is 7.11. The lowest BCUT2D eigenvalue weighted by atomic mass is 10.1. The van der Waals surface area contributed by atoms with Gasteiger partial charge in [0.1, 0.15) is 12.9 Å². The summed E-state index contributed by atoms with van der Waals surface area (Å²) in [6.45, 7) is 1.95. The predicted molar refractivity (Wildman–Crippen MR) is 47.4 cm³/mol. The molecule has 0 radical (unpaired) electrons. The Hall–Kier alpha value is -1.51. The minimum absolute atomic E-state index is 0.210. The molecule has 0 aliphatic heterocycles. The second kappa shape index (κ2) is 3.76. The molecule has 0 amide bonds. The van der Waals surface area contributed by atoms with Crippen LogP contribution in [0.1, 0.15) is 11.1 Å². The van der Waals surface area contributed by atoms with Crippen molar-refractivity contribution in [3.8, 4) is 5.75 Å². The Kier molecular flexibility index (Phi) is 2.69. The number of oxime groups is 1. The van der Waals surface area contributed by atoms with Gasteiger partial charge in [0.25, 0.3) is 0 Å². The molecule has 0 fully saturated rings. The lowest BCUT2D eigenvalue weighted by molar-refractivity contribution is 0.215. The third-order valence-corrected chi connectivity index (χ3v) is 1.48. The molecule has 0 bridgehead atoms. The summed E-state index contributed by atoms with van der Waals surface area (Å²) < 4.78 is 0. The third kappa shape index (κ3) is 1.99. The summed E-state index contributed by atoms with van der Waals surface area (Å²) in [6, 6.07) is 5.30. The summed E-state index contributed by atoms with van der Waals surface area (Å²) >= 11 is 0. The van der Waals surface area contributed by atoms with Crippen LogP contribution in [0.3, 0.4) is 0 Å². The van der Waals surface area contributed by atoms with Gasteiger partial charge in [0, 0.05) is 5.56 Å². The SMILES string of the molecule is CO/N=C/c1cc(C)ccc1O. The van der Waals surface area contributed by atoms with Gasteiger partial charge in [-0.3, -0.25) is 0 Å². The van der Waals surface area contributed by atoms with E-state index in [-0.39, 0.29) is 5.75 Å². The van der Waals surface area contributed by atoms with Crippen LogP contribution in [-0.2, 0) is 4.84 Å². The van der Waals surface area contributed by atoms with Crippen LogP contribution in [0.5, 0.6) is 5.75 Å². The Morgan fingerprint density at radius 1 is 1.50 bits per heavy atom. The fourth-order valence-corrected chi connectivity index (χ4v) is 0.887. The van der Waals surface area contributed by atoms with E-state index in [1.165, 1.54) is 13.3 Å². The molecule has 0 heterocycles. The Labute approximate surface area is 71.3 Å². The lowest BCUT2D eigenvalue weighted by Gasteiger charge is -1.98. The van der Waals surface area contributed by atoms with E-state index >= 15 is 0 Å². The fraction of sp³-hybridized carbons (Fsp3) is 0.222. The average Bonchev–Trinajstić information content (AvgIpc) is 2.07.